The summed E-state index contributed by atoms with van der Waals surface area (Å²) < 4.78 is 10.9. The molecule has 3 N–H and O–H groups in total. The third kappa shape index (κ3) is 5.11. The molecular weight excluding hydrogens is 490 g/mol. The standard InChI is InChI=1S/C26H33N7O3S/c1-17-23-24(27)33(18-7-6-8-19(15-18)35-2)26(28-25(23)30-29-17)37-16-22(34)32-13-11-31(12-14-32)20-9-4-5-10-21(20)36-3/h4-10,15,17,23,25,27,29-30H,11-14,16H2,1-3H3. The highest BCUT2D eigenvalue weighted by Crippen LogP contribution is 2.33. The van der Waals surface area contributed by atoms with Crippen molar-refractivity contribution in [2.24, 2.45) is 10.9 Å². The number of aliphatic imine (C=N–C) groups is 1. The number of thioether (sulfide) groups is 1. The second kappa shape index (κ2) is 11.0. The lowest BCUT2D eigenvalue weighted by atomic mass is 9.97. The molecule has 11 heteroatoms. The summed E-state index contributed by atoms with van der Waals surface area (Å²) in [6.45, 7) is 4.82. The number of amidine groups is 2. The zero-order chi connectivity index (χ0) is 25.9. The number of nitrogens with one attached hydrogen (secondary N) is 3. The van der Waals surface area contributed by atoms with Gasteiger partial charge in [-0.2, -0.15) is 0 Å². The number of piperazine rings is 1. The molecule has 5 rings (SSSR count). The van der Waals surface area contributed by atoms with Crippen LogP contribution in [-0.2, 0) is 4.79 Å². The van der Waals surface area contributed by atoms with Crippen LogP contribution in [0.1, 0.15) is 6.92 Å². The molecule has 0 saturated carbocycles. The lowest BCUT2D eigenvalue weighted by Crippen LogP contribution is -2.51. The summed E-state index contributed by atoms with van der Waals surface area (Å²) in [5.41, 5.74) is 8.24. The van der Waals surface area contributed by atoms with E-state index in [1.165, 1.54) is 11.8 Å². The third-order valence-electron chi connectivity index (χ3n) is 7.03. The van der Waals surface area contributed by atoms with E-state index in [1.54, 1.807) is 14.2 Å². The van der Waals surface area contributed by atoms with E-state index in [0.717, 1.165) is 30.2 Å². The Morgan fingerprint density at radius 3 is 2.62 bits per heavy atom. The van der Waals surface area contributed by atoms with Gasteiger partial charge in [0.05, 0.1) is 37.3 Å². The molecule has 3 aliphatic rings. The van der Waals surface area contributed by atoms with Crippen LogP contribution in [0.15, 0.2) is 53.5 Å². The Morgan fingerprint density at radius 1 is 1.08 bits per heavy atom. The molecule has 37 heavy (non-hydrogen) atoms. The average Bonchev–Trinajstić information content (AvgIpc) is 3.32. The van der Waals surface area contributed by atoms with Crippen LogP contribution in [0, 0.1) is 11.3 Å². The number of fused-ring (bicyclic) bond motifs is 1. The zero-order valence-electron chi connectivity index (χ0n) is 21.3. The van der Waals surface area contributed by atoms with Crippen molar-refractivity contribution in [3.8, 4) is 11.5 Å². The van der Waals surface area contributed by atoms with Gasteiger partial charge in [-0.15, -0.1) is 0 Å². The van der Waals surface area contributed by atoms with Crippen LogP contribution >= 0.6 is 11.8 Å². The fraction of sp³-hybridized carbons (Fsp3) is 0.423. The van der Waals surface area contributed by atoms with Gasteiger partial charge in [-0.1, -0.05) is 30.0 Å². The molecule has 3 unspecified atom stereocenters. The van der Waals surface area contributed by atoms with Crippen LogP contribution in [-0.4, -0.2) is 80.2 Å². The highest BCUT2D eigenvalue weighted by atomic mass is 32.2. The zero-order valence-corrected chi connectivity index (χ0v) is 22.1. The first-order valence-electron chi connectivity index (χ1n) is 12.4. The Hall–Kier alpha value is -3.28. The van der Waals surface area contributed by atoms with Gasteiger partial charge in [0.15, 0.2) is 5.17 Å². The topological polar surface area (TPSA) is 106 Å². The predicted octanol–water partition coefficient (Wildman–Crippen LogP) is 2.38. The fourth-order valence-electron chi connectivity index (χ4n) is 5.00. The summed E-state index contributed by atoms with van der Waals surface area (Å²) in [5.74, 6) is 2.19. The van der Waals surface area contributed by atoms with Gasteiger partial charge in [0.25, 0.3) is 0 Å². The first-order chi connectivity index (χ1) is 18.0. The van der Waals surface area contributed by atoms with Crippen molar-refractivity contribution in [3.63, 3.8) is 0 Å². The van der Waals surface area contributed by atoms with E-state index in [2.05, 4.69) is 21.8 Å². The van der Waals surface area contributed by atoms with Gasteiger partial charge < -0.3 is 19.3 Å². The number of methoxy groups -OCH3 is 2. The summed E-state index contributed by atoms with van der Waals surface area (Å²) in [7, 11) is 3.30. The largest absolute Gasteiger partial charge is 0.497 e. The minimum atomic E-state index is -0.244. The third-order valence-corrected chi connectivity index (χ3v) is 7.97. The molecule has 0 spiro atoms. The average molecular weight is 524 g/mol. The first-order valence-corrected chi connectivity index (χ1v) is 13.4. The Kier molecular flexibility index (Phi) is 7.54. The van der Waals surface area contributed by atoms with Crippen molar-refractivity contribution >= 4 is 40.0 Å². The predicted molar refractivity (Wildman–Crippen MR) is 148 cm³/mol. The second-order valence-electron chi connectivity index (χ2n) is 9.21. The van der Waals surface area contributed by atoms with Gasteiger partial charge in [-0.25, -0.2) is 10.4 Å². The maximum Gasteiger partial charge on any atom is 0.233 e. The lowest BCUT2D eigenvalue weighted by Gasteiger charge is -2.37. The minimum absolute atomic E-state index is 0.0575. The minimum Gasteiger partial charge on any atom is -0.497 e. The monoisotopic (exact) mass is 523 g/mol. The molecule has 2 saturated heterocycles. The number of hydrogen-bond acceptors (Lipinski definition) is 9. The van der Waals surface area contributed by atoms with Gasteiger partial charge in [0.1, 0.15) is 23.5 Å². The quantitative estimate of drug-likeness (QED) is 0.530. The number of rotatable bonds is 6. The molecule has 2 aromatic rings. The van der Waals surface area contributed by atoms with E-state index in [9.17, 15) is 4.79 Å². The fourth-order valence-corrected chi connectivity index (χ4v) is 5.96. The van der Waals surface area contributed by atoms with Crippen LogP contribution < -0.4 is 30.1 Å². The molecule has 2 fully saturated rings. The van der Waals surface area contributed by atoms with Crippen molar-refractivity contribution in [1.29, 1.82) is 5.41 Å². The van der Waals surface area contributed by atoms with E-state index >= 15 is 0 Å². The molecule has 3 atom stereocenters. The molecular formula is C26H33N7O3S. The molecule has 3 heterocycles. The van der Waals surface area contributed by atoms with E-state index in [-0.39, 0.29) is 29.8 Å². The second-order valence-corrected chi connectivity index (χ2v) is 10.2. The Bertz CT molecular complexity index is 1180. The maximum absolute atomic E-state index is 13.2. The van der Waals surface area contributed by atoms with Crippen LogP contribution in [0.4, 0.5) is 11.4 Å². The van der Waals surface area contributed by atoms with E-state index in [1.807, 2.05) is 59.2 Å². The highest BCUT2D eigenvalue weighted by molar-refractivity contribution is 8.14. The number of hydrogen-bond donors (Lipinski definition) is 3. The molecule has 10 nitrogen and oxygen atoms in total. The normalized spacial score (nSPS) is 23.5. The summed E-state index contributed by atoms with van der Waals surface area (Å²) in [6, 6.07) is 15.6. The van der Waals surface area contributed by atoms with Crippen LogP contribution in [0.5, 0.6) is 11.5 Å². The van der Waals surface area contributed by atoms with Gasteiger partial charge in [0.2, 0.25) is 5.91 Å². The number of amides is 1. The molecule has 0 bridgehead atoms. The van der Waals surface area contributed by atoms with Gasteiger partial charge in [0, 0.05) is 38.3 Å². The Morgan fingerprint density at radius 2 is 1.86 bits per heavy atom. The van der Waals surface area contributed by atoms with E-state index in [4.69, 9.17) is 19.9 Å². The number of benzene rings is 2. The number of anilines is 2. The molecule has 0 aliphatic carbocycles. The van der Waals surface area contributed by atoms with Gasteiger partial charge in [-0.05, 0) is 31.2 Å². The Labute approximate surface area is 221 Å². The molecule has 3 aliphatic heterocycles. The molecule has 1 amide bonds. The number of nitrogens with zero attached hydrogens (tertiary/aromatic N) is 4. The number of para-hydroxylation sites is 2. The van der Waals surface area contributed by atoms with Crippen LogP contribution in [0.25, 0.3) is 0 Å². The molecule has 196 valence electrons. The van der Waals surface area contributed by atoms with Crippen molar-refractivity contribution in [2.45, 2.75) is 19.1 Å². The summed E-state index contributed by atoms with van der Waals surface area (Å²) in [4.78, 5) is 24.1. The summed E-state index contributed by atoms with van der Waals surface area (Å²) >= 11 is 1.37. The van der Waals surface area contributed by atoms with Crippen LogP contribution in [0.2, 0.25) is 0 Å². The Balaban J connectivity index is 1.27. The van der Waals surface area contributed by atoms with Gasteiger partial charge >= 0.3 is 0 Å². The van der Waals surface area contributed by atoms with Crippen LogP contribution in [0.3, 0.4) is 0 Å². The number of ether oxygens (including phenoxy) is 2. The SMILES string of the molecule is COc1cccc(N2C(=N)C3C(C)NNC3N=C2SCC(=O)N2CCN(c3ccccc3OC)CC2)c1. The van der Waals surface area contributed by atoms with Crippen molar-refractivity contribution in [3.05, 3.63) is 48.5 Å². The smallest absolute Gasteiger partial charge is 0.233 e. The van der Waals surface area contributed by atoms with E-state index < -0.39 is 0 Å². The van der Waals surface area contributed by atoms with Crippen molar-refractivity contribution in [1.82, 2.24) is 15.8 Å². The number of carbonyl (C=O) groups is 1. The summed E-state index contributed by atoms with van der Waals surface area (Å²) in [5, 5.41) is 9.65. The number of carbonyl (C=O) groups excluding carboxylic acids is 1. The van der Waals surface area contributed by atoms with Crippen molar-refractivity contribution < 1.29 is 14.3 Å². The molecule has 0 radical (unpaired) electrons. The lowest BCUT2D eigenvalue weighted by molar-refractivity contribution is -0.128. The molecule has 0 aromatic heterocycles. The van der Waals surface area contributed by atoms with E-state index in [0.29, 0.717) is 29.8 Å². The molecule has 2 aromatic carbocycles. The summed E-state index contributed by atoms with van der Waals surface area (Å²) in [6.07, 6.45) is -0.244. The first kappa shape index (κ1) is 25.4. The number of hydrazine groups is 1. The highest BCUT2D eigenvalue weighted by Gasteiger charge is 2.44. The van der Waals surface area contributed by atoms with Crippen molar-refractivity contribution in [2.75, 3.05) is 56.0 Å². The van der Waals surface area contributed by atoms with Gasteiger partial charge in [-0.3, -0.25) is 20.5 Å². The maximum atomic E-state index is 13.2.